The molecule has 0 aliphatic carbocycles. The number of halogens is 6. The van der Waals surface area contributed by atoms with Crippen LogP contribution < -0.4 is 11.3 Å². The topological polar surface area (TPSA) is 47.3 Å². The Hall–Kier alpha value is -0.770. The molecule has 1 atom stereocenters. The third-order valence-electron chi connectivity index (χ3n) is 2.57. The van der Waals surface area contributed by atoms with Crippen LogP contribution >= 0.6 is 15.9 Å². The third kappa shape index (κ3) is 6.25. The van der Waals surface area contributed by atoms with Crippen molar-refractivity contribution in [2.45, 2.75) is 24.8 Å². The normalized spacial score (nSPS) is 13.7. The molecule has 3 nitrogen and oxygen atoms in total. The first-order valence-electron chi connectivity index (χ1n) is 5.89. The van der Waals surface area contributed by atoms with Gasteiger partial charge in [-0.25, -0.2) is 13.2 Å². The maximum absolute atomic E-state index is 13.2. The van der Waals surface area contributed by atoms with Crippen LogP contribution in [0.25, 0.3) is 0 Å². The summed E-state index contributed by atoms with van der Waals surface area (Å²) in [6.45, 7) is -1.72. The summed E-state index contributed by atoms with van der Waals surface area (Å²) < 4.78 is 67.4. The zero-order valence-electron chi connectivity index (χ0n) is 10.8. The molecule has 0 radical (unpaired) electrons. The minimum Gasteiger partial charge on any atom is -0.373 e. The molecule has 0 saturated carbocycles. The number of rotatable bonds is 8. The average Bonchev–Trinajstić information content (AvgIpc) is 2.35. The van der Waals surface area contributed by atoms with Crippen LogP contribution in [0.4, 0.5) is 22.0 Å². The van der Waals surface area contributed by atoms with Crippen molar-refractivity contribution in [3.8, 4) is 0 Å². The van der Waals surface area contributed by atoms with Crippen molar-refractivity contribution in [3.05, 3.63) is 34.1 Å². The summed E-state index contributed by atoms with van der Waals surface area (Å²) >= 11 is 3.11. The van der Waals surface area contributed by atoms with Gasteiger partial charge in [-0.3, -0.25) is 11.3 Å². The second-order valence-electron chi connectivity index (χ2n) is 4.42. The van der Waals surface area contributed by atoms with E-state index in [4.69, 9.17) is 5.84 Å². The number of benzene rings is 1. The Labute approximate surface area is 126 Å². The highest BCUT2D eigenvalue weighted by atomic mass is 79.9. The van der Waals surface area contributed by atoms with Crippen LogP contribution in [-0.2, 0) is 11.2 Å². The van der Waals surface area contributed by atoms with E-state index in [-0.39, 0.29) is 13.0 Å². The van der Waals surface area contributed by atoms with E-state index < -0.39 is 30.8 Å². The third-order valence-corrected chi connectivity index (χ3v) is 3.03. The van der Waals surface area contributed by atoms with Crippen molar-refractivity contribution in [1.82, 2.24) is 5.43 Å². The lowest BCUT2D eigenvalue weighted by molar-refractivity contribution is -0.167. The summed E-state index contributed by atoms with van der Waals surface area (Å²) in [5.41, 5.74) is 2.86. The molecule has 0 saturated heterocycles. The Morgan fingerprint density at radius 3 is 2.48 bits per heavy atom. The smallest absolute Gasteiger partial charge is 0.330 e. The van der Waals surface area contributed by atoms with Gasteiger partial charge in [-0.15, -0.1) is 0 Å². The lowest BCUT2D eigenvalue weighted by atomic mass is 10.1. The van der Waals surface area contributed by atoms with Crippen molar-refractivity contribution < 1.29 is 26.7 Å². The van der Waals surface area contributed by atoms with Crippen LogP contribution in [0.5, 0.6) is 0 Å². The van der Waals surface area contributed by atoms with Crippen LogP contribution in [0, 0.1) is 5.82 Å². The molecule has 120 valence electrons. The molecule has 0 spiro atoms. The number of ether oxygens (including phenoxy) is 1. The van der Waals surface area contributed by atoms with E-state index in [2.05, 4.69) is 26.1 Å². The van der Waals surface area contributed by atoms with Gasteiger partial charge in [0.1, 0.15) is 12.4 Å². The molecule has 0 heterocycles. The lowest BCUT2D eigenvalue weighted by Gasteiger charge is -2.19. The fourth-order valence-corrected chi connectivity index (χ4v) is 2.09. The molecule has 0 aromatic heterocycles. The van der Waals surface area contributed by atoms with Gasteiger partial charge >= 0.3 is 12.3 Å². The maximum atomic E-state index is 13.2. The highest BCUT2D eigenvalue weighted by Gasteiger charge is 2.41. The molecule has 0 bridgehead atoms. The molecule has 1 aromatic rings. The zero-order chi connectivity index (χ0) is 16.0. The molecule has 1 unspecified atom stereocenters. The number of hydrazine groups is 1. The molecule has 0 aliphatic rings. The number of hydrogen-bond donors (Lipinski definition) is 2. The van der Waals surface area contributed by atoms with Gasteiger partial charge in [-0.05, 0) is 30.2 Å². The molecule has 0 amide bonds. The van der Waals surface area contributed by atoms with E-state index in [1.54, 1.807) is 6.07 Å². The first-order valence-corrected chi connectivity index (χ1v) is 6.68. The lowest BCUT2D eigenvalue weighted by Crippen LogP contribution is -2.42. The molecule has 3 N–H and O–H groups in total. The second-order valence-corrected chi connectivity index (χ2v) is 5.34. The van der Waals surface area contributed by atoms with Gasteiger partial charge in [-0.2, -0.15) is 8.78 Å². The van der Waals surface area contributed by atoms with Crippen molar-refractivity contribution in [2.24, 2.45) is 5.84 Å². The molecule has 0 aliphatic heterocycles. The minimum absolute atomic E-state index is 0.188. The van der Waals surface area contributed by atoms with E-state index in [1.165, 1.54) is 12.1 Å². The Morgan fingerprint density at radius 2 is 1.95 bits per heavy atom. The van der Waals surface area contributed by atoms with Crippen LogP contribution in [0.2, 0.25) is 0 Å². The first-order chi connectivity index (χ1) is 9.74. The highest BCUT2D eigenvalue weighted by molar-refractivity contribution is 9.10. The molecular formula is C12H14BrF5N2O. The molecule has 1 aromatic carbocycles. The van der Waals surface area contributed by atoms with E-state index in [0.29, 0.717) is 10.0 Å². The summed E-state index contributed by atoms with van der Waals surface area (Å²) in [5, 5.41) is 0. The fraction of sp³-hybridized carbons (Fsp3) is 0.500. The summed E-state index contributed by atoms with van der Waals surface area (Å²) in [4.78, 5) is 0. The van der Waals surface area contributed by atoms with Gasteiger partial charge in [0.2, 0.25) is 0 Å². The Balaban J connectivity index is 2.52. The van der Waals surface area contributed by atoms with Gasteiger partial charge in [0.05, 0.1) is 6.61 Å². The molecule has 9 heteroatoms. The van der Waals surface area contributed by atoms with Gasteiger partial charge in [-0.1, -0.05) is 15.9 Å². The summed E-state index contributed by atoms with van der Waals surface area (Å²) in [6.07, 6.45) is -3.60. The Bertz CT molecular complexity index is 441. The summed E-state index contributed by atoms with van der Waals surface area (Å²) in [5.74, 6) is 0.556. The van der Waals surface area contributed by atoms with E-state index >= 15 is 0 Å². The monoisotopic (exact) mass is 376 g/mol. The predicted octanol–water partition coefficient (Wildman–Crippen LogP) is 2.88. The van der Waals surface area contributed by atoms with Gasteiger partial charge < -0.3 is 4.74 Å². The van der Waals surface area contributed by atoms with Crippen LogP contribution in [0.15, 0.2) is 22.7 Å². The zero-order valence-corrected chi connectivity index (χ0v) is 12.3. The quantitative estimate of drug-likeness (QED) is 0.416. The van der Waals surface area contributed by atoms with Crippen molar-refractivity contribution in [3.63, 3.8) is 0 Å². The van der Waals surface area contributed by atoms with Crippen molar-refractivity contribution >= 4 is 15.9 Å². The van der Waals surface area contributed by atoms with E-state index in [1.807, 2.05) is 0 Å². The average molecular weight is 377 g/mol. The summed E-state index contributed by atoms with van der Waals surface area (Å²) in [6, 6.07) is 3.52. The minimum atomic E-state index is -4.21. The molecular weight excluding hydrogens is 363 g/mol. The molecule has 21 heavy (non-hydrogen) atoms. The molecule has 0 fully saturated rings. The SMILES string of the molecule is NNC(COCC(F)(F)C(F)F)Cc1cc(F)cc(Br)c1. The van der Waals surface area contributed by atoms with Crippen molar-refractivity contribution in [2.75, 3.05) is 13.2 Å². The summed E-state index contributed by atoms with van der Waals surface area (Å²) in [7, 11) is 0. The number of hydrogen-bond acceptors (Lipinski definition) is 3. The fourth-order valence-electron chi connectivity index (χ4n) is 1.58. The maximum Gasteiger partial charge on any atom is 0.330 e. The standard InChI is InChI=1S/C12H14BrF5N2O/c13-8-1-7(2-9(14)4-8)3-10(20-19)5-21-6-12(17,18)11(15)16/h1-2,4,10-11,20H,3,5-6,19H2. The largest absolute Gasteiger partial charge is 0.373 e. The number of nitrogens with one attached hydrogen (secondary N) is 1. The Kier molecular flexibility index (Phi) is 6.98. The highest BCUT2D eigenvalue weighted by Crippen LogP contribution is 2.23. The number of nitrogens with two attached hydrogens (primary N) is 1. The van der Waals surface area contributed by atoms with Gasteiger partial charge in [0, 0.05) is 10.5 Å². The van der Waals surface area contributed by atoms with Crippen LogP contribution in [0.3, 0.4) is 0 Å². The van der Waals surface area contributed by atoms with Gasteiger partial charge in [0.25, 0.3) is 0 Å². The first kappa shape index (κ1) is 18.3. The van der Waals surface area contributed by atoms with Crippen LogP contribution in [0.1, 0.15) is 5.56 Å². The Morgan fingerprint density at radius 1 is 1.29 bits per heavy atom. The predicted molar refractivity (Wildman–Crippen MR) is 70.7 cm³/mol. The van der Waals surface area contributed by atoms with E-state index in [0.717, 1.165) is 0 Å². The number of alkyl halides is 4. The van der Waals surface area contributed by atoms with Crippen LogP contribution in [-0.4, -0.2) is 31.6 Å². The molecule has 1 rings (SSSR count). The second kappa shape index (κ2) is 8.02. The van der Waals surface area contributed by atoms with E-state index in [9.17, 15) is 22.0 Å². The van der Waals surface area contributed by atoms with Gasteiger partial charge in [0.15, 0.2) is 0 Å². The van der Waals surface area contributed by atoms with Crippen molar-refractivity contribution in [1.29, 1.82) is 0 Å².